The Bertz CT molecular complexity index is 1140. The number of rotatable bonds is 16. The van der Waals surface area contributed by atoms with Crippen LogP contribution in [0.25, 0.3) is 0 Å². The van der Waals surface area contributed by atoms with Gasteiger partial charge in [0.1, 0.15) is 17.4 Å². The van der Waals surface area contributed by atoms with Crippen LogP contribution in [-0.2, 0) is 19.1 Å². The van der Waals surface area contributed by atoms with Gasteiger partial charge in [-0.3, -0.25) is 14.4 Å². The van der Waals surface area contributed by atoms with Gasteiger partial charge in [-0.2, -0.15) is 0 Å². The van der Waals surface area contributed by atoms with Gasteiger partial charge in [-0.05, 0) is 70.2 Å². The highest BCUT2D eigenvalue weighted by Crippen LogP contribution is 2.59. The van der Waals surface area contributed by atoms with Gasteiger partial charge in [0, 0.05) is 38.0 Å². The number of unbranched alkanes of at least 4 members (excludes halogenated alkanes) is 1. The molecule has 0 radical (unpaired) electrons. The van der Waals surface area contributed by atoms with Crippen molar-refractivity contribution in [3.05, 3.63) is 49.6 Å². The largest absolute Gasteiger partial charge is 0.494 e. The zero-order valence-corrected chi connectivity index (χ0v) is 25.4. The van der Waals surface area contributed by atoms with E-state index in [0.717, 1.165) is 12.8 Å². The van der Waals surface area contributed by atoms with E-state index in [1.807, 2.05) is 38.1 Å². The Labute approximate surface area is 250 Å². The summed E-state index contributed by atoms with van der Waals surface area (Å²) in [4.78, 5) is 48.2. The van der Waals surface area contributed by atoms with Gasteiger partial charge in [-0.1, -0.05) is 25.5 Å². The highest BCUT2D eigenvalue weighted by atomic mass is 16.5. The SMILES string of the molecule is C=CCN(C(=O)[C@@H]1[C@H]2C(=O)N(CCCCO)C(C(=O)N(CC=C)C(C)CCC)C23CC[C@H]1O3)c1ccc(OCC)cc1. The van der Waals surface area contributed by atoms with Gasteiger partial charge < -0.3 is 29.3 Å². The van der Waals surface area contributed by atoms with E-state index < -0.39 is 29.6 Å². The molecule has 6 atom stereocenters. The lowest BCUT2D eigenvalue weighted by Gasteiger charge is -2.39. The maximum Gasteiger partial charge on any atom is 0.248 e. The van der Waals surface area contributed by atoms with Gasteiger partial charge in [0.15, 0.2) is 0 Å². The van der Waals surface area contributed by atoms with E-state index in [-0.39, 0.29) is 36.9 Å². The fraction of sp³-hybridized carbons (Fsp3) is 0.606. The van der Waals surface area contributed by atoms with Crippen molar-refractivity contribution in [3.63, 3.8) is 0 Å². The molecule has 9 heteroatoms. The Morgan fingerprint density at radius 3 is 2.50 bits per heavy atom. The minimum atomic E-state index is -1.07. The Balaban J connectivity index is 1.71. The number of fused-ring (bicyclic) bond motifs is 1. The third kappa shape index (κ3) is 5.73. The number of anilines is 1. The lowest BCUT2D eigenvalue weighted by Crippen LogP contribution is -2.58. The zero-order valence-electron chi connectivity index (χ0n) is 25.4. The molecule has 1 spiro atoms. The molecule has 1 N–H and O–H groups in total. The van der Waals surface area contributed by atoms with Crippen LogP contribution in [0.3, 0.4) is 0 Å². The van der Waals surface area contributed by atoms with E-state index in [2.05, 4.69) is 20.1 Å². The van der Waals surface area contributed by atoms with Gasteiger partial charge in [0.25, 0.3) is 0 Å². The van der Waals surface area contributed by atoms with Crippen molar-refractivity contribution in [2.24, 2.45) is 11.8 Å². The Morgan fingerprint density at radius 2 is 1.88 bits per heavy atom. The maximum atomic E-state index is 14.4. The van der Waals surface area contributed by atoms with Crippen LogP contribution in [0.2, 0.25) is 0 Å². The number of aliphatic hydroxyl groups is 1. The second kappa shape index (κ2) is 13.9. The molecule has 3 fully saturated rings. The molecule has 4 rings (SSSR count). The highest BCUT2D eigenvalue weighted by molar-refractivity contribution is 6.03. The van der Waals surface area contributed by atoms with Crippen LogP contribution in [0.15, 0.2) is 49.6 Å². The maximum absolute atomic E-state index is 14.4. The minimum absolute atomic E-state index is 0.00359. The first kappa shape index (κ1) is 31.8. The van der Waals surface area contributed by atoms with E-state index in [9.17, 15) is 19.5 Å². The van der Waals surface area contributed by atoms with E-state index in [1.54, 1.807) is 26.9 Å². The van der Waals surface area contributed by atoms with Crippen molar-refractivity contribution in [1.29, 1.82) is 0 Å². The molecule has 230 valence electrons. The van der Waals surface area contributed by atoms with Gasteiger partial charge in [0.2, 0.25) is 17.7 Å². The smallest absolute Gasteiger partial charge is 0.248 e. The molecule has 0 saturated carbocycles. The first-order valence-corrected chi connectivity index (χ1v) is 15.4. The molecule has 1 aromatic rings. The quantitative estimate of drug-likeness (QED) is 0.234. The van der Waals surface area contributed by atoms with Crippen LogP contribution >= 0.6 is 0 Å². The Morgan fingerprint density at radius 1 is 1.17 bits per heavy atom. The summed E-state index contributed by atoms with van der Waals surface area (Å²) in [6.45, 7) is 15.3. The minimum Gasteiger partial charge on any atom is -0.494 e. The first-order chi connectivity index (χ1) is 20.3. The summed E-state index contributed by atoms with van der Waals surface area (Å²) in [5.41, 5.74) is -0.383. The second-order valence-corrected chi connectivity index (χ2v) is 11.6. The molecule has 2 bridgehead atoms. The van der Waals surface area contributed by atoms with Crippen molar-refractivity contribution < 1.29 is 29.0 Å². The molecule has 0 aromatic heterocycles. The summed E-state index contributed by atoms with van der Waals surface area (Å²) in [6.07, 6.45) is 6.89. The van der Waals surface area contributed by atoms with Gasteiger partial charge in [-0.15, -0.1) is 13.2 Å². The molecule has 3 aliphatic rings. The summed E-state index contributed by atoms with van der Waals surface area (Å²) in [7, 11) is 0. The topological polar surface area (TPSA) is 99.6 Å². The summed E-state index contributed by atoms with van der Waals surface area (Å²) in [6, 6.07) is 6.46. The molecule has 3 aliphatic heterocycles. The molecule has 1 aromatic carbocycles. The zero-order chi connectivity index (χ0) is 30.4. The Hall–Kier alpha value is -3.17. The third-order valence-corrected chi connectivity index (χ3v) is 9.01. The van der Waals surface area contributed by atoms with Crippen molar-refractivity contribution in [3.8, 4) is 5.75 Å². The number of carbonyl (C=O) groups excluding carboxylic acids is 3. The van der Waals surface area contributed by atoms with Gasteiger partial charge >= 0.3 is 0 Å². The van der Waals surface area contributed by atoms with Crippen molar-refractivity contribution in [2.45, 2.75) is 83.1 Å². The molecular weight excluding hydrogens is 534 g/mol. The van der Waals surface area contributed by atoms with Crippen molar-refractivity contribution in [1.82, 2.24) is 9.80 Å². The lowest BCUT2D eigenvalue weighted by molar-refractivity contribution is -0.149. The lowest BCUT2D eigenvalue weighted by atomic mass is 9.70. The number of benzene rings is 1. The number of ether oxygens (including phenoxy) is 2. The predicted octanol–water partition coefficient (Wildman–Crippen LogP) is 3.95. The molecule has 3 heterocycles. The molecule has 0 aliphatic carbocycles. The normalized spacial score (nSPS) is 26.6. The van der Waals surface area contributed by atoms with Crippen LogP contribution < -0.4 is 9.64 Å². The standard InChI is InChI=1S/C33H47N3O6/c1-6-12-23(5)34(19-7-2)32(40)29-33-18-17-26(42-33)27(28(33)31(39)36(29)21-10-11-22-37)30(38)35(20-8-3)24-13-15-25(16-14-24)41-9-4/h7-8,13-16,23,26-29,37H,2-3,6,9-12,17-22H2,1,4-5H3/t23?,26-,27+,28+,29?,33?/m1/s1. The molecule has 3 saturated heterocycles. The fourth-order valence-electron chi connectivity index (χ4n) is 7.23. The van der Waals surface area contributed by atoms with E-state index in [0.29, 0.717) is 56.8 Å². The van der Waals surface area contributed by atoms with E-state index in [1.165, 1.54) is 0 Å². The fourth-order valence-corrected chi connectivity index (χ4v) is 7.23. The number of carbonyl (C=O) groups is 3. The average Bonchev–Trinajstić information content (AvgIpc) is 3.62. The van der Waals surface area contributed by atoms with Gasteiger partial charge in [-0.25, -0.2) is 0 Å². The van der Waals surface area contributed by atoms with Crippen LogP contribution in [0.1, 0.15) is 59.3 Å². The van der Waals surface area contributed by atoms with E-state index in [4.69, 9.17) is 9.47 Å². The number of likely N-dealkylation sites (tertiary alicyclic amines) is 1. The summed E-state index contributed by atoms with van der Waals surface area (Å²) < 4.78 is 12.2. The van der Waals surface area contributed by atoms with Gasteiger partial charge in [0.05, 0.1) is 24.5 Å². The van der Waals surface area contributed by atoms with E-state index >= 15 is 0 Å². The average molecular weight is 582 g/mol. The number of hydrogen-bond acceptors (Lipinski definition) is 6. The summed E-state index contributed by atoms with van der Waals surface area (Å²) in [5.74, 6) is -1.32. The predicted molar refractivity (Wildman–Crippen MR) is 162 cm³/mol. The summed E-state index contributed by atoms with van der Waals surface area (Å²) >= 11 is 0. The molecular formula is C33H47N3O6. The molecule has 42 heavy (non-hydrogen) atoms. The number of amides is 3. The second-order valence-electron chi connectivity index (χ2n) is 11.6. The molecule has 9 nitrogen and oxygen atoms in total. The summed E-state index contributed by atoms with van der Waals surface area (Å²) in [5, 5.41) is 9.44. The van der Waals surface area contributed by atoms with Crippen LogP contribution in [0.4, 0.5) is 5.69 Å². The Kier molecular flexibility index (Phi) is 10.5. The molecule has 3 amide bonds. The monoisotopic (exact) mass is 581 g/mol. The number of hydrogen-bond donors (Lipinski definition) is 1. The molecule has 3 unspecified atom stereocenters. The van der Waals surface area contributed by atoms with Crippen molar-refractivity contribution in [2.75, 3.05) is 37.7 Å². The number of nitrogens with zero attached hydrogens (tertiary/aromatic N) is 3. The van der Waals surface area contributed by atoms with Crippen LogP contribution in [0, 0.1) is 11.8 Å². The van der Waals surface area contributed by atoms with Crippen LogP contribution in [-0.4, -0.2) is 89.3 Å². The first-order valence-electron chi connectivity index (χ1n) is 15.4. The number of aliphatic hydroxyl groups excluding tert-OH is 1. The highest BCUT2D eigenvalue weighted by Gasteiger charge is 2.74. The van der Waals surface area contributed by atoms with Crippen molar-refractivity contribution >= 4 is 23.4 Å². The van der Waals surface area contributed by atoms with Crippen LogP contribution in [0.5, 0.6) is 5.75 Å². The third-order valence-electron chi connectivity index (χ3n) is 9.01.